The van der Waals surface area contributed by atoms with E-state index in [2.05, 4.69) is 20.3 Å². The lowest BCUT2D eigenvalue weighted by Crippen LogP contribution is -2.04. The highest BCUT2D eigenvalue weighted by Gasteiger charge is 2.14. The predicted molar refractivity (Wildman–Crippen MR) is 110 cm³/mol. The van der Waals surface area contributed by atoms with Gasteiger partial charge in [-0.05, 0) is 30.3 Å². The van der Waals surface area contributed by atoms with Gasteiger partial charge < -0.3 is 20.5 Å². The molecule has 3 N–H and O–H groups in total. The summed E-state index contributed by atoms with van der Waals surface area (Å²) >= 11 is 6.08. The summed E-state index contributed by atoms with van der Waals surface area (Å²) in [6.07, 6.45) is 3.07. The molecule has 8 heteroatoms. The Balaban J connectivity index is 1.68. The monoisotopic (exact) mass is 393 g/mol. The maximum absolute atomic E-state index is 6.25. The first-order valence-corrected chi connectivity index (χ1v) is 8.76. The Morgan fingerprint density at radius 1 is 1.00 bits per heavy atom. The molecule has 28 heavy (non-hydrogen) atoms. The minimum Gasteiger partial charge on any atom is -0.495 e. The molecule has 0 unspecified atom stereocenters. The Hall–Kier alpha value is -3.58. The Morgan fingerprint density at radius 3 is 2.71 bits per heavy atom. The summed E-state index contributed by atoms with van der Waals surface area (Å²) in [6, 6.07) is 14.7. The number of benzene rings is 2. The van der Waals surface area contributed by atoms with Crippen molar-refractivity contribution in [1.82, 2.24) is 15.0 Å². The molecule has 0 saturated heterocycles. The SMILES string of the molecule is COc1ccc(Cl)cc1Nc1ncnc(Oc2cccc3cccnc23)c1N. The lowest BCUT2D eigenvalue weighted by molar-refractivity contribution is 0.417. The van der Waals surface area contributed by atoms with E-state index in [4.69, 9.17) is 26.8 Å². The van der Waals surface area contributed by atoms with Gasteiger partial charge in [0.1, 0.15) is 23.3 Å². The smallest absolute Gasteiger partial charge is 0.248 e. The van der Waals surface area contributed by atoms with Gasteiger partial charge in [-0.1, -0.05) is 29.8 Å². The maximum Gasteiger partial charge on any atom is 0.248 e. The van der Waals surface area contributed by atoms with Crippen molar-refractivity contribution in [3.8, 4) is 17.4 Å². The molecule has 0 bridgehead atoms. The van der Waals surface area contributed by atoms with Crippen LogP contribution in [0.1, 0.15) is 0 Å². The van der Waals surface area contributed by atoms with E-state index in [0.717, 1.165) is 5.39 Å². The van der Waals surface area contributed by atoms with Crippen LogP contribution in [0.15, 0.2) is 61.1 Å². The van der Waals surface area contributed by atoms with Crippen LogP contribution in [0.3, 0.4) is 0 Å². The lowest BCUT2D eigenvalue weighted by atomic mass is 10.2. The number of nitrogens with two attached hydrogens (primary N) is 1. The van der Waals surface area contributed by atoms with E-state index in [0.29, 0.717) is 33.5 Å². The van der Waals surface area contributed by atoms with E-state index in [9.17, 15) is 0 Å². The Labute approximate surface area is 166 Å². The summed E-state index contributed by atoms with van der Waals surface area (Å²) in [4.78, 5) is 12.7. The molecule has 0 aliphatic rings. The number of para-hydroxylation sites is 1. The number of hydrogen-bond donors (Lipinski definition) is 2. The highest BCUT2D eigenvalue weighted by Crippen LogP contribution is 2.36. The van der Waals surface area contributed by atoms with Gasteiger partial charge in [-0.3, -0.25) is 4.98 Å². The Bertz CT molecular complexity index is 1150. The van der Waals surface area contributed by atoms with Crippen LogP contribution in [0.25, 0.3) is 10.9 Å². The first kappa shape index (κ1) is 17.8. The molecule has 2 aromatic heterocycles. The zero-order valence-corrected chi connectivity index (χ0v) is 15.6. The fraction of sp³-hybridized carbons (Fsp3) is 0.0500. The average Bonchev–Trinajstić information content (AvgIpc) is 2.71. The van der Waals surface area contributed by atoms with Crippen LogP contribution in [0.4, 0.5) is 17.2 Å². The van der Waals surface area contributed by atoms with Crippen molar-refractivity contribution in [3.63, 3.8) is 0 Å². The molecule has 0 atom stereocenters. The van der Waals surface area contributed by atoms with Crippen molar-refractivity contribution >= 4 is 39.7 Å². The third-order valence-electron chi connectivity index (χ3n) is 4.06. The zero-order chi connectivity index (χ0) is 19.5. The standard InChI is InChI=1S/C20H16ClN5O2/c1-27-15-8-7-13(21)10-14(15)26-19-17(22)20(25-11-24-19)28-16-6-2-4-12-5-3-9-23-18(12)16/h2-11H,22H2,1H3,(H,24,25,26). The molecule has 4 rings (SSSR count). The fourth-order valence-electron chi connectivity index (χ4n) is 2.73. The topological polar surface area (TPSA) is 95.2 Å². The number of aromatic nitrogens is 3. The summed E-state index contributed by atoms with van der Waals surface area (Å²) in [5, 5.41) is 4.62. The molecule has 0 saturated carbocycles. The minimum atomic E-state index is 0.219. The maximum atomic E-state index is 6.25. The van der Waals surface area contributed by atoms with Crippen LogP contribution in [-0.4, -0.2) is 22.1 Å². The highest BCUT2D eigenvalue weighted by molar-refractivity contribution is 6.31. The van der Waals surface area contributed by atoms with Crippen LogP contribution in [0.5, 0.6) is 17.4 Å². The molecule has 4 aromatic rings. The van der Waals surface area contributed by atoms with Gasteiger partial charge in [0.2, 0.25) is 5.88 Å². The second-order valence-corrected chi connectivity index (χ2v) is 6.28. The highest BCUT2D eigenvalue weighted by atomic mass is 35.5. The van der Waals surface area contributed by atoms with Crippen LogP contribution < -0.4 is 20.5 Å². The molecule has 0 spiro atoms. The number of ether oxygens (including phenoxy) is 2. The molecule has 0 aliphatic carbocycles. The number of methoxy groups -OCH3 is 1. The van der Waals surface area contributed by atoms with Crippen LogP contribution in [0.2, 0.25) is 5.02 Å². The number of halogens is 1. The van der Waals surface area contributed by atoms with Gasteiger partial charge in [-0.25, -0.2) is 4.98 Å². The van der Waals surface area contributed by atoms with Gasteiger partial charge >= 0.3 is 0 Å². The third kappa shape index (κ3) is 3.47. The molecule has 140 valence electrons. The van der Waals surface area contributed by atoms with Crippen molar-refractivity contribution < 1.29 is 9.47 Å². The molecule has 0 amide bonds. The molecular weight excluding hydrogens is 378 g/mol. The van der Waals surface area contributed by atoms with Gasteiger partial charge in [0.05, 0.1) is 12.8 Å². The number of nitrogen functional groups attached to an aromatic ring is 1. The predicted octanol–water partition coefficient (Wildman–Crippen LogP) is 4.80. The molecule has 0 aliphatic heterocycles. The summed E-state index contributed by atoms with van der Waals surface area (Å²) in [5.74, 6) is 1.74. The lowest BCUT2D eigenvalue weighted by Gasteiger charge is -2.14. The van der Waals surface area contributed by atoms with Crippen LogP contribution >= 0.6 is 11.6 Å². The summed E-state index contributed by atoms with van der Waals surface area (Å²) in [5.41, 5.74) is 7.83. The first-order valence-electron chi connectivity index (χ1n) is 8.38. The van der Waals surface area contributed by atoms with Crippen molar-refractivity contribution in [1.29, 1.82) is 0 Å². The van der Waals surface area contributed by atoms with E-state index < -0.39 is 0 Å². The largest absolute Gasteiger partial charge is 0.495 e. The van der Waals surface area contributed by atoms with E-state index in [1.165, 1.54) is 6.33 Å². The van der Waals surface area contributed by atoms with Gasteiger partial charge in [0.25, 0.3) is 0 Å². The number of anilines is 3. The normalized spacial score (nSPS) is 10.6. The average molecular weight is 394 g/mol. The molecule has 0 radical (unpaired) electrons. The second-order valence-electron chi connectivity index (χ2n) is 5.84. The van der Waals surface area contributed by atoms with Gasteiger partial charge in [0.15, 0.2) is 11.6 Å². The van der Waals surface area contributed by atoms with Crippen molar-refractivity contribution in [2.45, 2.75) is 0 Å². The number of nitrogens with one attached hydrogen (secondary N) is 1. The van der Waals surface area contributed by atoms with Crippen molar-refractivity contribution in [2.24, 2.45) is 0 Å². The third-order valence-corrected chi connectivity index (χ3v) is 4.30. The zero-order valence-electron chi connectivity index (χ0n) is 14.9. The van der Waals surface area contributed by atoms with Crippen LogP contribution in [0, 0.1) is 0 Å². The van der Waals surface area contributed by atoms with E-state index in [-0.39, 0.29) is 11.6 Å². The number of nitrogens with zero attached hydrogens (tertiary/aromatic N) is 3. The number of fused-ring (bicyclic) bond motifs is 1. The molecule has 7 nitrogen and oxygen atoms in total. The number of hydrogen-bond acceptors (Lipinski definition) is 7. The minimum absolute atomic E-state index is 0.219. The van der Waals surface area contributed by atoms with E-state index in [1.54, 1.807) is 31.5 Å². The summed E-state index contributed by atoms with van der Waals surface area (Å²) < 4.78 is 11.3. The van der Waals surface area contributed by atoms with E-state index >= 15 is 0 Å². The Morgan fingerprint density at radius 2 is 1.86 bits per heavy atom. The Kier molecular flexibility index (Phi) is 4.82. The fourth-order valence-corrected chi connectivity index (χ4v) is 2.90. The van der Waals surface area contributed by atoms with Crippen molar-refractivity contribution in [2.75, 3.05) is 18.2 Å². The van der Waals surface area contributed by atoms with Crippen molar-refractivity contribution in [3.05, 3.63) is 66.1 Å². The quantitative estimate of drug-likeness (QED) is 0.502. The molecule has 0 fully saturated rings. The number of pyridine rings is 1. The van der Waals surface area contributed by atoms with Gasteiger partial charge in [-0.15, -0.1) is 0 Å². The summed E-state index contributed by atoms with van der Waals surface area (Å²) in [6.45, 7) is 0. The van der Waals surface area contributed by atoms with Gasteiger partial charge in [-0.2, -0.15) is 4.98 Å². The second kappa shape index (κ2) is 7.58. The molecule has 2 heterocycles. The molecule has 2 aromatic carbocycles. The first-order chi connectivity index (χ1) is 13.7. The summed E-state index contributed by atoms with van der Waals surface area (Å²) in [7, 11) is 1.57. The van der Waals surface area contributed by atoms with Gasteiger partial charge in [0, 0.05) is 16.6 Å². The number of rotatable bonds is 5. The van der Waals surface area contributed by atoms with Crippen LogP contribution in [-0.2, 0) is 0 Å². The molecular formula is C20H16ClN5O2. The van der Waals surface area contributed by atoms with E-state index in [1.807, 2.05) is 30.3 Å².